The summed E-state index contributed by atoms with van der Waals surface area (Å²) in [5.74, 6) is 0. The van der Waals surface area contributed by atoms with Crippen LogP contribution in [-0.4, -0.2) is 50.8 Å². The molecule has 1 heterocycles. The Morgan fingerprint density at radius 2 is 2.12 bits per heavy atom. The van der Waals surface area contributed by atoms with Crippen molar-refractivity contribution in [3.05, 3.63) is 0 Å². The fourth-order valence-corrected chi connectivity index (χ4v) is 2.24. The van der Waals surface area contributed by atoms with Gasteiger partial charge in [-0.1, -0.05) is 20.8 Å². The van der Waals surface area contributed by atoms with Crippen LogP contribution in [0.25, 0.3) is 0 Å². The zero-order valence-corrected chi connectivity index (χ0v) is 11.4. The Morgan fingerprint density at radius 1 is 1.38 bits per heavy atom. The van der Waals surface area contributed by atoms with Crippen LogP contribution in [0.4, 0.5) is 0 Å². The molecule has 0 aromatic carbocycles. The molecule has 1 N–H and O–H groups in total. The first-order chi connectivity index (χ1) is 7.53. The molecule has 1 saturated heterocycles. The topological polar surface area (TPSA) is 24.5 Å². The summed E-state index contributed by atoms with van der Waals surface area (Å²) in [7, 11) is 1.78. The van der Waals surface area contributed by atoms with E-state index < -0.39 is 0 Å². The van der Waals surface area contributed by atoms with Crippen molar-refractivity contribution in [3.8, 4) is 0 Å². The lowest BCUT2D eigenvalue weighted by molar-refractivity contribution is 0.139. The second-order valence-electron chi connectivity index (χ2n) is 6.02. The van der Waals surface area contributed by atoms with Crippen LogP contribution >= 0.6 is 0 Å². The summed E-state index contributed by atoms with van der Waals surface area (Å²) in [4.78, 5) is 2.55. The first-order valence-electron chi connectivity index (χ1n) is 6.46. The Morgan fingerprint density at radius 3 is 2.75 bits per heavy atom. The van der Waals surface area contributed by atoms with Crippen LogP contribution in [0, 0.1) is 5.41 Å². The van der Waals surface area contributed by atoms with E-state index in [2.05, 4.69) is 31.0 Å². The average Bonchev–Trinajstić information content (AvgIpc) is 2.60. The van der Waals surface area contributed by atoms with Crippen LogP contribution in [0.15, 0.2) is 0 Å². The van der Waals surface area contributed by atoms with Gasteiger partial charge in [-0.2, -0.15) is 0 Å². The maximum absolute atomic E-state index is 5.15. The summed E-state index contributed by atoms with van der Waals surface area (Å²) in [5, 5.41) is 3.59. The van der Waals surface area contributed by atoms with Crippen molar-refractivity contribution >= 4 is 0 Å². The summed E-state index contributed by atoms with van der Waals surface area (Å²) in [6.45, 7) is 12.2. The van der Waals surface area contributed by atoms with Gasteiger partial charge in [-0.15, -0.1) is 0 Å². The van der Waals surface area contributed by atoms with Gasteiger partial charge in [-0.05, 0) is 24.8 Å². The van der Waals surface area contributed by atoms with Gasteiger partial charge in [0, 0.05) is 32.8 Å². The Balaban J connectivity index is 2.19. The molecular weight excluding hydrogens is 200 g/mol. The Hall–Kier alpha value is -0.120. The molecule has 3 nitrogen and oxygen atoms in total. The number of likely N-dealkylation sites (tertiary alicyclic amines) is 1. The molecule has 0 aromatic heterocycles. The summed E-state index contributed by atoms with van der Waals surface area (Å²) in [6, 6.07) is 0.720. The molecule has 1 aliphatic heterocycles. The van der Waals surface area contributed by atoms with Crippen molar-refractivity contribution in [2.45, 2.75) is 39.7 Å². The van der Waals surface area contributed by atoms with Crippen molar-refractivity contribution < 1.29 is 4.74 Å². The molecule has 0 aromatic rings. The van der Waals surface area contributed by atoms with Crippen LogP contribution < -0.4 is 5.32 Å². The van der Waals surface area contributed by atoms with Gasteiger partial charge >= 0.3 is 0 Å². The van der Waals surface area contributed by atoms with Crippen LogP contribution in [0.1, 0.15) is 33.6 Å². The van der Waals surface area contributed by atoms with Crippen molar-refractivity contribution in [2.75, 3.05) is 39.9 Å². The van der Waals surface area contributed by atoms with Gasteiger partial charge in [0.15, 0.2) is 0 Å². The minimum Gasteiger partial charge on any atom is -0.383 e. The standard InChI is InChI=1S/C13H28N2O/c1-13(2,3)11-14-10-12-6-5-7-15(12)8-9-16-4/h12,14H,5-11H2,1-4H3. The summed E-state index contributed by atoms with van der Waals surface area (Å²) >= 11 is 0. The zero-order valence-electron chi connectivity index (χ0n) is 11.4. The number of hydrogen-bond acceptors (Lipinski definition) is 3. The highest BCUT2D eigenvalue weighted by atomic mass is 16.5. The van der Waals surface area contributed by atoms with E-state index >= 15 is 0 Å². The molecule has 96 valence electrons. The van der Waals surface area contributed by atoms with Gasteiger partial charge in [0.25, 0.3) is 0 Å². The first-order valence-corrected chi connectivity index (χ1v) is 6.46. The molecule has 3 heteroatoms. The third-order valence-corrected chi connectivity index (χ3v) is 3.12. The number of hydrogen-bond donors (Lipinski definition) is 1. The van der Waals surface area contributed by atoms with E-state index in [-0.39, 0.29) is 0 Å². The van der Waals surface area contributed by atoms with Gasteiger partial charge in [0.05, 0.1) is 6.61 Å². The molecule has 0 amide bonds. The highest BCUT2D eigenvalue weighted by Gasteiger charge is 2.23. The molecule has 1 atom stereocenters. The van der Waals surface area contributed by atoms with Crippen molar-refractivity contribution in [2.24, 2.45) is 5.41 Å². The highest BCUT2D eigenvalue weighted by Crippen LogP contribution is 2.16. The summed E-state index contributed by atoms with van der Waals surface area (Å²) in [6.07, 6.45) is 2.67. The largest absolute Gasteiger partial charge is 0.383 e. The van der Waals surface area contributed by atoms with Gasteiger partial charge in [0.2, 0.25) is 0 Å². The predicted molar refractivity (Wildman–Crippen MR) is 68.8 cm³/mol. The molecular formula is C13H28N2O. The quantitative estimate of drug-likeness (QED) is 0.749. The molecule has 1 rings (SSSR count). The van der Waals surface area contributed by atoms with E-state index in [1.807, 2.05) is 0 Å². The van der Waals surface area contributed by atoms with Crippen molar-refractivity contribution in [1.29, 1.82) is 0 Å². The zero-order chi connectivity index (χ0) is 12.0. The first kappa shape index (κ1) is 13.9. The maximum atomic E-state index is 5.15. The smallest absolute Gasteiger partial charge is 0.0589 e. The Kier molecular flexibility index (Phi) is 5.73. The maximum Gasteiger partial charge on any atom is 0.0589 e. The number of nitrogens with zero attached hydrogens (tertiary/aromatic N) is 1. The number of rotatable bonds is 6. The van der Waals surface area contributed by atoms with Crippen LogP contribution in [0.2, 0.25) is 0 Å². The lowest BCUT2D eigenvalue weighted by atomic mass is 9.97. The lowest BCUT2D eigenvalue weighted by Gasteiger charge is -2.26. The molecule has 1 fully saturated rings. The fraction of sp³-hybridized carbons (Fsp3) is 1.00. The molecule has 16 heavy (non-hydrogen) atoms. The van der Waals surface area contributed by atoms with Gasteiger partial charge in [0.1, 0.15) is 0 Å². The highest BCUT2D eigenvalue weighted by molar-refractivity contribution is 4.81. The van der Waals surface area contributed by atoms with Crippen molar-refractivity contribution in [1.82, 2.24) is 10.2 Å². The SMILES string of the molecule is COCCN1CCCC1CNCC(C)(C)C. The lowest BCUT2D eigenvalue weighted by Crippen LogP contribution is -2.41. The number of ether oxygens (including phenoxy) is 1. The Labute approximate surface area is 101 Å². The van der Waals surface area contributed by atoms with Gasteiger partial charge < -0.3 is 10.1 Å². The van der Waals surface area contributed by atoms with E-state index in [0.717, 1.165) is 32.3 Å². The normalized spacial score (nSPS) is 22.9. The number of methoxy groups -OCH3 is 1. The van der Waals surface area contributed by atoms with E-state index in [9.17, 15) is 0 Å². The minimum atomic E-state index is 0.385. The van der Waals surface area contributed by atoms with Crippen LogP contribution in [0.3, 0.4) is 0 Å². The molecule has 1 aliphatic rings. The average molecular weight is 228 g/mol. The van der Waals surface area contributed by atoms with Crippen molar-refractivity contribution in [3.63, 3.8) is 0 Å². The van der Waals surface area contributed by atoms with E-state index in [1.165, 1.54) is 19.4 Å². The minimum absolute atomic E-state index is 0.385. The molecule has 0 spiro atoms. The monoisotopic (exact) mass is 228 g/mol. The van der Waals surface area contributed by atoms with Crippen LogP contribution in [0.5, 0.6) is 0 Å². The molecule has 1 unspecified atom stereocenters. The molecule has 0 saturated carbocycles. The molecule has 0 radical (unpaired) electrons. The fourth-order valence-electron chi connectivity index (χ4n) is 2.24. The van der Waals surface area contributed by atoms with Gasteiger partial charge in [-0.3, -0.25) is 4.90 Å². The second kappa shape index (κ2) is 6.58. The van der Waals surface area contributed by atoms with Gasteiger partial charge in [-0.25, -0.2) is 0 Å². The summed E-state index contributed by atoms with van der Waals surface area (Å²) in [5.41, 5.74) is 0.385. The predicted octanol–water partition coefficient (Wildman–Crippen LogP) is 1.73. The van der Waals surface area contributed by atoms with E-state index in [4.69, 9.17) is 4.74 Å². The van der Waals surface area contributed by atoms with E-state index in [0.29, 0.717) is 5.41 Å². The van der Waals surface area contributed by atoms with E-state index in [1.54, 1.807) is 7.11 Å². The molecule has 0 bridgehead atoms. The summed E-state index contributed by atoms with van der Waals surface area (Å²) < 4.78 is 5.15. The van der Waals surface area contributed by atoms with Crippen LogP contribution in [-0.2, 0) is 4.74 Å². The molecule has 0 aliphatic carbocycles. The second-order valence-corrected chi connectivity index (χ2v) is 6.02. The third kappa shape index (κ3) is 5.28. The Bertz CT molecular complexity index is 189. The third-order valence-electron chi connectivity index (χ3n) is 3.12. The number of nitrogens with one attached hydrogen (secondary N) is 1.